The second-order valence-corrected chi connectivity index (χ2v) is 5.02. The third-order valence-corrected chi connectivity index (χ3v) is 3.71. The van der Waals surface area contributed by atoms with Crippen molar-refractivity contribution in [2.24, 2.45) is 11.8 Å². The molecule has 1 fully saturated rings. The molecule has 2 unspecified atom stereocenters. The topological polar surface area (TPSA) is 66.8 Å². The molecule has 108 valence electrons. The van der Waals surface area contributed by atoms with Gasteiger partial charge < -0.3 is 14.7 Å². The van der Waals surface area contributed by atoms with Gasteiger partial charge in [0.05, 0.1) is 18.4 Å². The third kappa shape index (κ3) is 3.17. The van der Waals surface area contributed by atoms with Gasteiger partial charge in [-0.05, 0) is 12.0 Å². The minimum Gasteiger partial charge on any atom is -0.481 e. The van der Waals surface area contributed by atoms with Gasteiger partial charge in [0.15, 0.2) is 0 Å². The van der Waals surface area contributed by atoms with E-state index in [1.165, 1.54) is 0 Å². The highest BCUT2D eigenvalue weighted by molar-refractivity contribution is 5.88. The van der Waals surface area contributed by atoms with E-state index in [1.807, 2.05) is 30.3 Å². The minimum atomic E-state index is -0.904. The lowest BCUT2D eigenvalue weighted by Gasteiger charge is -2.15. The van der Waals surface area contributed by atoms with Gasteiger partial charge in [0.25, 0.3) is 0 Å². The molecule has 1 aromatic carbocycles. The molecule has 1 saturated heterocycles. The number of rotatable bonds is 6. The van der Waals surface area contributed by atoms with E-state index in [1.54, 1.807) is 12.0 Å². The Hall–Kier alpha value is -1.88. The molecule has 0 aliphatic carbocycles. The van der Waals surface area contributed by atoms with Crippen molar-refractivity contribution >= 4 is 11.9 Å². The lowest BCUT2D eigenvalue weighted by Crippen LogP contribution is -2.31. The van der Waals surface area contributed by atoms with Gasteiger partial charge in [-0.25, -0.2) is 0 Å². The molecule has 1 aromatic rings. The standard InChI is InChI=1S/C15H19NO4/c1-20-8-7-16-10-13(15(18)19)12(14(16)17)9-11-5-3-2-4-6-11/h2-6,12-13H,7-10H2,1H3,(H,18,19). The molecule has 5 heteroatoms. The van der Waals surface area contributed by atoms with E-state index in [-0.39, 0.29) is 12.5 Å². The number of carboxylic acids is 1. The number of ether oxygens (including phenoxy) is 1. The molecule has 1 aliphatic heterocycles. The van der Waals surface area contributed by atoms with E-state index < -0.39 is 17.8 Å². The van der Waals surface area contributed by atoms with Crippen molar-refractivity contribution in [1.82, 2.24) is 4.90 Å². The van der Waals surface area contributed by atoms with Crippen LogP contribution in [-0.4, -0.2) is 48.7 Å². The Morgan fingerprint density at radius 1 is 1.40 bits per heavy atom. The fourth-order valence-electron chi connectivity index (χ4n) is 2.61. The Bertz CT molecular complexity index is 474. The van der Waals surface area contributed by atoms with Gasteiger partial charge in [-0.1, -0.05) is 30.3 Å². The first kappa shape index (κ1) is 14.5. The largest absolute Gasteiger partial charge is 0.481 e. The molecular formula is C15H19NO4. The van der Waals surface area contributed by atoms with Crippen LogP contribution in [0.1, 0.15) is 5.56 Å². The highest BCUT2D eigenvalue weighted by Gasteiger charge is 2.43. The number of hydrogen-bond donors (Lipinski definition) is 1. The van der Waals surface area contributed by atoms with Gasteiger partial charge in [0.2, 0.25) is 5.91 Å². The van der Waals surface area contributed by atoms with Crippen LogP contribution in [-0.2, 0) is 20.7 Å². The number of likely N-dealkylation sites (tertiary alicyclic amines) is 1. The fraction of sp³-hybridized carbons (Fsp3) is 0.467. The van der Waals surface area contributed by atoms with Crippen molar-refractivity contribution in [3.05, 3.63) is 35.9 Å². The summed E-state index contributed by atoms with van der Waals surface area (Å²) in [6.07, 6.45) is 0.472. The normalized spacial score (nSPS) is 22.2. The van der Waals surface area contributed by atoms with Crippen LogP contribution in [0.3, 0.4) is 0 Å². The van der Waals surface area contributed by atoms with Crippen LogP contribution in [0.2, 0.25) is 0 Å². The summed E-state index contributed by atoms with van der Waals surface area (Å²) >= 11 is 0. The van der Waals surface area contributed by atoms with E-state index in [2.05, 4.69) is 0 Å². The number of nitrogens with zero attached hydrogens (tertiary/aromatic N) is 1. The highest BCUT2D eigenvalue weighted by Crippen LogP contribution is 2.28. The summed E-state index contributed by atoms with van der Waals surface area (Å²) in [6, 6.07) is 9.54. The zero-order valence-electron chi connectivity index (χ0n) is 11.5. The molecular weight excluding hydrogens is 258 g/mol. The number of amides is 1. The number of methoxy groups -OCH3 is 1. The Kier molecular flexibility index (Phi) is 4.74. The second-order valence-electron chi connectivity index (χ2n) is 5.02. The Labute approximate surface area is 118 Å². The average Bonchev–Trinajstić information content (AvgIpc) is 2.75. The summed E-state index contributed by atoms with van der Waals surface area (Å²) in [4.78, 5) is 25.3. The molecule has 0 spiro atoms. The van der Waals surface area contributed by atoms with Crippen molar-refractivity contribution in [1.29, 1.82) is 0 Å². The summed E-state index contributed by atoms with van der Waals surface area (Å²) < 4.78 is 4.96. The van der Waals surface area contributed by atoms with E-state index in [4.69, 9.17) is 4.74 Å². The van der Waals surface area contributed by atoms with Crippen molar-refractivity contribution in [3.63, 3.8) is 0 Å². The van der Waals surface area contributed by atoms with Crippen LogP contribution in [0, 0.1) is 11.8 Å². The Balaban J connectivity index is 2.11. The zero-order chi connectivity index (χ0) is 14.5. The molecule has 0 aromatic heterocycles. The lowest BCUT2D eigenvalue weighted by atomic mass is 9.89. The molecule has 5 nitrogen and oxygen atoms in total. The first-order valence-electron chi connectivity index (χ1n) is 6.68. The van der Waals surface area contributed by atoms with Crippen molar-refractivity contribution in [2.75, 3.05) is 26.8 Å². The lowest BCUT2D eigenvalue weighted by molar-refractivity contribution is -0.144. The molecule has 0 bridgehead atoms. The molecule has 1 N–H and O–H groups in total. The summed E-state index contributed by atoms with van der Waals surface area (Å²) in [5, 5.41) is 9.31. The quantitative estimate of drug-likeness (QED) is 0.843. The Morgan fingerprint density at radius 3 is 2.70 bits per heavy atom. The minimum absolute atomic E-state index is 0.0849. The maximum absolute atomic E-state index is 12.3. The predicted octanol–water partition coefficient (Wildman–Crippen LogP) is 1.03. The number of hydrogen-bond acceptors (Lipinski definition) is 3. The number of carboxylic acid groups (broad SMARTS) is 1. The monoisotopic (exact) mass is 277 g/mol. The van der Waals surface area contributed by atoms with Crippen LogP contribution in [0.5, 0.6) is 0 Å². The van der Waals surface area contributed by atoms with Gasteiger partial charge in [-0.3, -0.25) is 9.59 Å². The van der Waals surface area contributed by atoms with Crippen LogP contribution in [0.15, 0.2) is 30.3 Å². The van der Waals surface area contributed by atoms with E-state index in [9.17, 15) is 14.7 Å². The number of carbonyl (C=O) groups is 2. The van der Waals surface area contributed by atoms with Crippen molar-refractivity contribution in [3.8, 4) is 0 Å². The molecule has 1 amide bonds. The molecule has 20 heavy (non-hydrogen) atoms. The Morgan fingerprint density at radius 2 is 2.10 bits per heavy atom. The summed E-state index contributed by atoms with van der Waals surface area (Å²) in [7, 11) is 1.57. The first-order chi connectivity index (χ1) is 9.63. The smallest absolute Gasteiger partial charge is 0.309 e. The molecule has 0 radical (unpaired) electrons. The molecule has 2 atom stereocenters. The number of aliphatic carboxylic acids is 1. The van der Waals surface area contributed by atoms with Gasteiger partial charge in [-0.15, -0.1) is 0 Å². The van der Waals surface area contributed by atoms with E-state index in [0.29, 0.717) is 19.6 Å². The van der Waals surface area contributed by atoms with Crippen molar-refractivity contribution < 1.29 is 19.4 Å². The fourth-order valence-corrected chi connectivity index (χ4v) is 2.61. The van der Waals surface area contributed by atoms with Crippen LogP contribution in [0.4, 0.5) is 0 Å². The van der Waals surface area contributed by atoms with E-state index >= 15 is 0 Å². The van der Waals surface area contributed by atoms with Gasteiger partial charge >= 0.3 is 5.97 Å². The first-order valence-corrected chi connectivity index (χ1v) is 6.68. The maximum atomic E-state index is 12.3. The van der Waals surface area contributed by atoms with Gasteiger partial charge in [0.1, 0.15) is 0 Å². The van der Waals surface area contributed by atoms with Crippen LogP contribution >= 0.6 is 0 Å². The van der Waals surface area contributed by atoms with Gasteiger partial charge in [0, 0.05) is 20.2 Å². The van der Waals surface area contributed by atoms with Crippen LogP contribution in [0.25, 0.3) is 0 Å². The summed E-state index contributed by atoms with van der Waals surface area (Å²) in [6.45, 7) is 1.15. The zero-order valence-corrected chi connectivity index (χ0v) is 11.5. The average molecular weight is 277 g/mol. The molecule has 2 rings (SSSR count). The highest BCUT2D eigenvalue weighted by atomic mass is 16.5. The number of carbonyl (C=O) groups excluding carboxylic acids is 1. The SMILES string of the molecule is COCCN1CC(C(=O)O)C(Cc2ccccc2)C1=O. The van der Waals surface area contributed by atoms with Crippen LogP contribution < -0.4 is 0 Å². The van der Waals surface area contributed by atoms with Gasteiger partial charge in [-0.2, -0.15) is 0 Å². The summed E-state index contributed by atoms with van der Waals surface area (Å²) in [5.41, 5.74) is 0.991. The predicted molar refractivity (Wildman–Crippen MR) is 73.2 cm³/mol. The third-order valence-electron chi connectivity index (χ3n) is 3.71. The molecule has 0 saturated carbocycles. The van der Waals surface area contributed by atoms with Crippen molar-refractivity contribution in [2.45, 2.75) is 6.42 Å². The molecule has 1 aliphatic rings. The molecule has 1 heterocycles. The summed E-state index contributed by atoms with van der Waals surface area (Å²) in [5.74, 6) is -2.11. The second kappa shape index (κ2) is 6.52. The maximum Gasteiger partial charge on any atom is 0.309 e. The number of benzene rings is 1. The van der Waals surface area contributed by atoms with E-state index in [0.717, 1.165) is 5.56 Å².